The molecule has 9 heteroatoms. The first kappa shape index (κ1) is 18.9. The standard InChI is InChI=1S/C13H23N3O4S2/c1-3-10-14-22(19,20)15-11-4-5-12-6-8-13(9-7-12)16-21(2,17)18/h6-9,14-16H,3-5,10-11H2,1-2H3. The molecule has 7 nitrogen and oxygen atoms in total. The van der Waals surface area contributed by atoms with Crippen molar-refractivity contribution in [3.8, 4) is 0 Å². The van der Waals surface area contributed by atoms with Gasteiger partial charge in [0.1, 0.15) is 0 Å². The number of hydrogen-bond acceptors (Lipinski definition) is 4. The van der Waals surface area contributed by atoms with Crippen LogP contribution in [0.3, 0.4) is 0 Å². The summed E-state index contributed by atoms with van der Waals surface area (Å²) < 4.78 is 52.4. The summed E-state index contributed by atoms with van der Waals surface area (Å²) in [6.45, 7) is 2.66. The summed E-state index contributed by atoms with van der Waals surface area (Å²) in [5.74, 6) is 0. The highest BCUT2D eigenvalue weighted by molar-refractivity contribution is 7.92. The quantitative estimate of drug-likeness (QED) is 0.544. The average molecular weight is 349 g/mol. The minimum absolute atomic E-state index is 0.350. The zero-order valence-electron chi connectivity index (χ0n) is 12.8. The molecule has 126 valence electrons. The number of hydrogen-bond donors (Lipinski definition) is 3. The minimum Gasteiger partial charge on any atom is -0.284 e. The van der Waals surface area contributed by atoms with Gasteiger partial charge in [0, 0.05) is 18.8 Å². The van der Waals surface area contributed by atoms with Crippen LogP contribution < -0.4 is 14.2 Å². The lowest BCUT2D eigenvalue weighted by molar-refractivity contribution is 0.563. The van der Waals surface area contributed by atoms with Crippen LogP contribution >= 0.6 is 0 Å². The van der Waals surface area contributed by atoms with Gasteiger partial charge in [0.05, 0.1) is 6.26 Å². The lowest BCUT2D eigenvalue weighted by Crippen LogP contribution is -2.37. The van der Waals surface area contributed by atoms with Crippen LogP contribution in [0.5, 0.6) is 0 Å². The van der Waals surface area contributed by atoms with Crippen LogP contribution in [0.4, 0.5) is 5.69 Å². The van der Waals surface area contributed by atoms with E-state index in [0.29, 0.717) is 31.6 Å². The molecular weight excluding hydrogens is 326 g/mol. The molecule has 0 fully saturated rings. The molecule has 0 aliphatic carbocycles. The third-order valence-electron chi connectivity index (χ3n) is 2.73. The first-order valence-corrected chi connectivity index (χ1v) is 10.4. The van der Waals surface area contributed by atoms with E-state index in [0.717, 1.165) is 18.2 Å². The number of nitrogens with one attached hydrogen (secondary N) is 3. The molecule has 0 atom stereocenters. The van der Waals surface area contributed by atoms with Gasteiger partial charge in [-0.15, -0.1) is 0 Å². The monoisotopic (exact) mass is 349 g/mol. The highest BCUT2D eigenvalue weighted by atomic mass is 32.2. The molecule has 0 amide bonds. The van der Waals surface area contributed by atoms with Crippen molar-refractivity contribution in [2.75, 3.05) is 24.1 Å². The van der Waals surface area contributed by atoms with Crippen molar-refractivity contribution in [1.82, 2.24) is 9.44 Å². The lowest BCUT2D eigenvalue weighted by atomic mass is 10.1. The molecule has 1 rings (SSSR count). The molecule has 0 heterocycles. The Morgan fingerprint density at radius 1 is 0.955 bits per heavy atom. The second-order valence-electron chi connectivity index (χ2n) is 4.97. The maximum atomic E-state index is 11.5. The fourth-order valence-corrected chi connectivity index (χ4v) is 3.29. The van der Waals surface area contributed by atoms with Crippen LogP contribution in [0.1, 0.15) is 25.3 Å². The van der Waals surface area contributed by atoms with E-state index >= 15 is 0 Å². The van der Waals surface area contributed by atoms with Gasteiger partial charge in [0.2, 0.25) is 10.0 Å². The number of rotatable bonds is 10. The van der Waals surface area contributed by atoms with Gasteiger partial charge in [-0.05, 0) is 37.0 Å². The van der Waals surface area contributed by atoms with Crippen molar-refractivity contribution >= 4 is 25.9 Å². The molecule has 0 unspecified atom stereocenters. The summed E-state index contributed by atoms with van der Waals surface area (Å²) in [7, 11) is -6.67. The number of aryl methyl sites for hydroxylation is 1. The zero-order valence-corrected chi connectivity index (χ0v) is 14.4. The summed E-state index contributed by atoms with van der Waals surface area (Å²) >= 11 is 0. The molecule has 1 aromatic carbocycles. The van der Waals surface area contributed by atoms with Crippen LogP contribution in [0, 0.1) is 0 Å². The third kappa shape index (κ3) is 8.32. The molecule has 0 aliphatic heterocycles. The summed E-state index contributed by atoms with van der Waals surface area (Å²) in [4.78, 5) is 0. The Bertz CT molecular complexity index is 655. The van der Waals surface area contributed by atoms with E-state index in [1.165, 1.54) is 0 Å². The smallest absolute Gasteiger partial charge is 0.276 e. The van der Waals surface area contributed by atoms with Crippen LogP contribution in [0.15, 0.2) is 24.3 Å². The molecule has 0 bridgehead atoms. The Balaban J connectivity index is 2.37. The Kier molecular flexibility index (Phi) is 7.27. The van der Waals surface area contributed by atoms with E-state index in [4.69, 9.17) is 0 Å². The topological polar surface area (TPSA) is 104 Å². The van der Waals surface area contributed by atoms with E-state index in [1.54, 1.807) is 12.1 Å². The molecule has 0 aliphatic rings. The molecule has 1 aromatic rings. The average Bonchev–Trinajstić information content (AvgIpc) is 2.42. The van der Waals surface area contributed by atoms with Gasteiger partial charge in [-0.25, -0.2) is 17.9 Å². The molecular formula is C13H23N3O4S2. The van der Waals surface area contributed by atoms with Gasteiger partial charge < -0.3 is 0 Å². The van der Waals surface area contributed by atoms with Gasteiger partial charge in [0.25, 0.3) is 10.2 Å². The second kappa shape index (κ2) is 8.47. The van der Waals surface area contributed by atoms with Gasteiger partial charge in [-0.1, -0.05) is 19.1 Å². The predicted molar refractivity (Wildman–Crippen MR) is 88.4 cm³/mol. The number of sulfonamides is 1. The fourth-order valence-electron chi connectivity index (χ4n) is 1.74. The van der Waals surface area contributed by atoms with Crippen molar-refractivity contribution in [2.45, 2.75) is 26.2 Å². The van der Waals surface area contributed by atoms with Gasteiger partial charge in [0.15, 0.2) is 0 Å². The Morgan fingerprint density at radius 3 is 2.09 bits per heavy atom. The molecule has 0 saturated carbocycles. The van der Waals surface area contributed by atoms with Gasteiger partial charge in [-0.3, -0.25) is 4.72 Å². The van der Waals surface area contributed by atoms with Crippen molar-refractivity contribution < 1.29 is 16.8 Å². The second-order valence-corrected chi connectivity index (χ2v) is 8.30. The van der Waals surface area contributed by atoms with Crippen LogP contribution in [-0.4, -0.2) is 36.2 Å². The Labute approximate surface area is 132 Å². The zero-order chi connectivity index (χ0) is 16.6. The normalized spacial score (nSPS) is 12.3. The van der Waals surface area contributed by atoms with Crippen molar-refractivity contribution in [3.05, 3.63) is 29.8 Å². The maximum Gasteiger partial charge on any atom is 0.276 e. The first-order valence-electron chi connectivity index (χ1n) is 7.03. The Hall–Kier alpha value is -1.16. The van der Waals surface area contributed by atoms with Crippen molar-refractivity contribution in [2.24, 2.45) is 0 Å². The number of anilines is 1. The van der Waals surface area contributed by atoms with Crippen LogP contribution in [0.25, 0.3) is 0 Å². The van der Waals surface area contributed by atoms with Gasteiger partial charge in [-0.2, -0.15) is 8.42 Å². The summed E-state index contributed by atoms with van der Waals surface area (Å²) in [5, 5.41) is 0. The fraction of sp³-hybridized carbons (Fsp3) is 0.538. The molecule has 22 heavy (non-hydrogen) atoms. The molecule has 0 radical (unpaired) electrons. The third-order valence-corrected chi connectivity index (χ3v) is 4.51. The highest BCUT2D eigenvalue weighted by Gasteiger charge is 2.06. The molecule has 3 N–H and O–H groups in total. The minimum atomic E-state index is -3.40. The Morgan fingerprint density at radius 2 is 1.55 bits per heavy atom. The highest BCUT2D eigenvalue weighted by Crippen LogP contribution is 2.12. The van der Waals surface area contributed by atoms with E-state index < -0.39 is 20.2 Å². The predicted octanol–water partition coefficient (Wildman–Crippen LogP) is 0.825. The SMILES string of the molecule is CCCNS(=O)(=O)NCCCc1ccc(NS(C)(=O)=O)cc1. The number of benzene rings is 1. The van der Waals surface area contributed by atoms with Crippen molar-refractivity contribution in [3.63, 3.8) is 0 Å². The summed E-state index contributed by atoms with van der Waals surface area (Å²) in [6, 6.07) is 7.00. The van der Waals surface area contributed by atoms with Gasteiger partial charge >= 0.3 is 0 Å². The van der Waals surface area contributed by atoms with E-state index in [9.17, 15) is 16.8 Å². The van der Waals surface area contributed by atoms with E-state index in [-0.39, 0.29) is 0 Å². The van der Waals surface area contributed by atoms with E-state index in [1.807, 2.05) is 19.1 Å². The van der Waals surface area contributed by atoms with E-state index in [2.05, 4.69) is 14.2 Å². The first-order chi connectivity index (χ1) is 10.2. The van der Waals surface area contributed by atoms with Crippen LogP contribution in [0.2, 0.25) is 0 Å². The molecule has 0 spiro atoms. The largest absolute Gasteiger partial charge is 0.284 e. The summed E-state index contributed by atoms with van der Waals surface area (Å²) in [6.07, 6.45) is 3.20. The van der Waals surface area contributed by atoms with Crippen molar-refractivity contribution in [1.29, 1.82) is 0 Å². The molecule has 0 saturated heterocycles. The lowest BCUT2D eigenvalue weighted by Gasteiger charge is -2.08. The molecule has 0 aromatic heterocycles. The summed E-state index contributed by atoms with van der Waals surface area (Å²) in [5.41, 5.74) is 1.52. The van der Waals surface area contributed by atoms with Crippen LogP contribution in [-0.2, 0) is 26.7 Å². The maximum absolute atomic E-state index is 11.5.